The molecule has 0 aliphatic heterocycles. The van der Waals surface area contributed by atoms with Crippen LogP contribution in [0.5, 0.6) is 0 Å². The van der Waals surface area contributed by atoms with Crippen molar-refractivity contribution in [1.82, 2.24) is 15.0 Å². The van der Waals surface area contributed by atoms with Crippen LogP contribution >= 0.6 is 0 Å². The number of rotatable bonds is 3. The molecule has 0 atom stereocenters. The Hall–Kier alpha value is -2.70. The van der Waals surface area contributed by atoms with E-state index in [1.807, 2.05) is 0 Å². The second kappa shape index (κ2) is 4.89. The third-order valence-corrected chi connectivity index (χ3v) is 2.47. The number of esters is 1. The molecule has 0 spiro atoms. The summed E-state index contributed by atoms with van der Waals surface area (Å²) in [6, 6.07) is 1.35. The Balaban J connectivity index is 2.61. The average Bonchev–Trinajstić information content (AvgIpc) is 2.34. The van der Waals surface area contributed by atoms with E-state index in [0.29, 0.717) is 5.69 Å². The molecule has 2 heterocycles. The summed E-state index contributed by atoms with van der Waals surface area (Å²) in [6.45, 7) is 5.09. The quantitative estimate of drug-likeness (QED) is 0.609. The molecule has 7 heteroatoms. The zero-order chi connectivity index (χ0) is 14.0. The number of aryl methyl sites for hydroxylation is 1. The van der Waals surface area contributed by atoms with Crippen LogP contribution in [0.4, 0.5) is 0 Å². The highest BCUT2D eigenvalue weighted by molar-refractivity contribution is 5.94. The first-order valence-electron chi connectivity index (χ1n) is 5.45. The van der Waals surface area contributed by atoms with Crippen molar-refractivity contribution in [2.45, 2.75) is 6.92 Å². The lowest BCUT2D eigenvalue weighted by molar-refractivity contribution is 0.0548. The molecule has 98 valence electrons. The van der Waals surface area contributed by atoms with Crippen LogP contribution in [0.15, 0.2) is 28.3 Å². The summed E-state index contributed by atoms with van der Waals surface area (Å²) in [5, 5.41) is 0.121. The second-order valence-corrected chi connectivity index (χ2v) is 3.81. The minimum atomic E-state index is -0.647. The molecule has 2 aromatic heterocycles. The topological polar surface area (TPSA) is 105 Å². The van der Waals surface area contributed by atoms with Crippen LogP contribution in [0, 0.1) is 6.92 Å². The maximum absolute atomic E-state index is 11.8. The van der Waals surface area contributed by atoms with Crippen LogP contribution in [0.3, 0.4) is 0 Å². The molecule has 2 rings (SSSR count). The van der Waals surface area contributed by atoms with E-state index in [0.717, 1.165) is 0 Å². The predicted octanol–water partition coefficient (Wildman–Crippen LogP) is 0.263. The van der Waals surface area contributed by atoms with Gasteiger partial charge in [0.15, 0.2) is 0 Å². The fraction of sp³-hybridized carbons (Fsp3) is 0.167. The van der Waals surface area contributed by atoms with E-state index in [4.69, 9.17) is 4.74 Å². The average molecular weight is 261 g/mol. The monoisotopic (exact) mass is 261 g/mol. The van der Waals surface area contributed by atoms with Crippen LogP contribution in [0.2, 0.25) is 0 Å². The van der Waals surface area contributed by atoms with Gasteiger partial charge >= 0.3 is 11.7 Å². The Bertz CT molecular complexity index is 773. The van der Waals surface area contributed by atoms with Gasteiger partial charge in [0.25, 0.3) is 5.56 Å². The maximum atomic E-state index is 11.8. The molecule has 0 amide bonds. The van der Waals surface area contributed by atoms with Gasteiger partial charge in [-0.25, -0.2) is 14.6 Å². The molecule has 2 N–H and O–H groups in total. The van der Waals surface area contributed by atoms with Gasteiger partial charge in [0.05, 0.1) is 16.6 Å². The van der Waals surface area contributed by atoms with Gasteiger partial charge in [0.2, 0.25) is 0 Å². The van der Waals surface area contributed by atoms with Gasteiger partial charge in [-0.2, -0.15) is 0 Å². The number of hydrogen-bond donors (Lipinski definition) is 2. The van der Waals surface area contributed by atoms with Crippen molar-refractivity contribution in [2.24, 2.45) is 0 Å². The number of hydrogen-bond acceptors (Lipinski definition) is 5. The highest BCUT2D eigenvalue weighted by Crippen LogP contribution is 2.12. The van der Waals surface area contributed by atoms with E-state index in [9.17, 15) is 14.4 Å². The minimum absolute atomic E-state index is 0.0677. The lowest BCUT2D eigenvalue weighted by atomic mass is 10.1. The third-order valence-electron chi connectivity index (χ3n) is 2.47. The molecule has 0 aromatic carbocycles. The van der Waals surface area contributed by atoms with E-state index in [1.54, 1.807) is 6.92 Å². The normalized spacial score (nSPS) is 10.4. The summed E-state index contributed by atoms with van der Waals surface area (Å²) < 4.78 is 4.89. The highest BCUT2D eigenvalue weighted by atomic mass is 16.5. The first kappa shape index (κ1) is 12.7. The van der Waals surface area contributed by atoms with Crippen molar-refractivity contribution in [2.75, 3.05) is 6.61 Å². The largest absolute Gasteiger partial charge is 0.458 e. The van der Waals surface area contributed by atoms with Gasteiger partial charge in [-0.15, -0.1) is 0 Å². The summed E-state index contributed by atoms with van der Waals surface area (Å²) in [6.07, 6.45) is 1.44. The van der Waals surface area contributed by atoms with Gasteiger partial charge in [-0.3, -0.25) is 14.8 Å². The van der Waals surface area contributed by atoms with Gasteiger partial charge in [-0.05, 0) is 13.0 Å². The molecule has 0 bridgehead atoms. The molecule has 7 nitrogen and oxygen atoms in total. The number of aromatic amines is 2. The summed E-state index contributed by atoms with van der Waals surface area (Å²) in [7, 11) is 0. The van der Waals surface area contributed by atoms with Crippen molar-refractivity contribution in [3.63, 3.8) is 0 Å². The fourth-order valence-corrected chi connectivity index (χ4v) is 1.60. The third kappa shape index (κ3) is 2.44. The van der Waals surface area contributed by atoms with Crippen molar-refractivity contribution < 1.29 is 9.53 Å². The van der Waals surface area contributed by atoms with E-state index in [1.165, 1.54) is 12.1 Å². The van der Waals surface area contributed by atoms with E-state index < -0.39 is 17.2 Å². The Labute approximate surface area is 107 Å². The van der Waals surface area contributed by atoms with Crippen molar-refractivity contribution >= 4 is 17.0 Å². The smallest absolute Gasteiger partial charge is 0.340 e. The number of fused-ring (bicyclic) bond motifs is 1. The van der Waals surface area contributed by atoms with Crippen LogP contribution in [-0.4, -0.2) is 27.5 Å². The minimum Gasteiger partial charge on any atom is -0.458 e. The SMILES string of the molecule is C=CCOC(=O)c1cc2c(=O)[nH]c(=O)[nH]c2nc1C. The number of H-pyrrole nitrogens is 2. The van der Waals surface area contributed by atoms with Crippen molar-refractivity contribution in [3.8, 4) is 0 Å². The number of nitrogens with zero attached hydrogens (tertiary/aromatic N) is 1. The zero-order valence-electron chi connectivity index (χ0n) is 10.1. The van der Waals surface area contributed by atoms with E-state index in [-0.39, 0.29) is 23.2 Å². The van der Waals surface area contributed by atoms with Gasteiger partial charge in [0, 0.05) is 0 Å². The number of carbonyl (C=O) groups excluding carboxylic acids is 1. The first-order valence-corrected chi connectivity index (χ1v) is 5.45. The molecule has 0 aliphatic carbocycles. The highest BCUT2D eigenvalue weighted by Gasteiger charge is 2.14. The molecular weight excluding hydrogens is 250 g/mol. The first-order chi connectivity index (χ1) is 9.02. The Morgan fingerprint density at radius 2 is 2.21 bits per heavy atom. The summed E-state index contributed by atoms with van der Waals surface area (Å²) in [5.41, 5.74) is -0.586. The van der Waals surface area contributed by atoms with Crippen LogP contribution in [0.1, 0.15) is 16.1 Å². The van der Waals surface area contributed by atoms with E-state index in [2.05, 4.69) is 21.5 Å². The van der Waals surface area contributed by atoms with E-state index >= 15 is 0 Å². The standard InChI is InChI=1S/C12H11N3O4/c1-3-4-19-11(17)7-5-8-9(13-6(7)2)14-12(18)15-10(8)16/h3,5H,1,4H2,2H3,(H2,13,14,15,16,18). The number of pyridine rings is 1. The number of aromatic nitrogens is 3. The van der Waals surface area contributed by atoms with Gasteiger partial charge in [0.1, 0.15) is 12.3 Å². The zero-order valence-corrected chi connectivity index (χ0v) is 10.1. The molecule has 0 unspecified atom stereocenters. The number of nitrogens with one attached hydrogen (secondary N) is 2. The molecule has 0 saturated heterocycles. The lowest BCUT2D eigenvalue weighted by Crippen LogP contribution is -2.23. The van der Waals surface area contributed by atoms with Crippen LogP contribution < -0.4 is 11.2 Å². The van der Waals surface area contributed by atoms with Gasteiger partial charge < -0.3 is 4.74 Å². The molecule has 0 radical (unpaired) electrons. The molecular formula is C12H11N3O4. The Morgan fingerprint density at radius 3 is 2.89 bits per heavy atom. The summed E-state index contributed by atoms with van der Waals surface area (Å²) in [4.78, 5) is 43.0. The Morgan fingerprint density at radius 1 is 1.47 bits per heavy atom. The van der Waals surface area contributed by atoms with Crippen LogP contribution in [-0.2, 0) is 4.74 Å². The maximum Gasteiger partial charge on any atom is 0.340 e. The lowest BCUT2D eigenvalue weighted by Gasteiger charge is -2.06. The molecule has 0 fully saturated rings. The van der Waals surface area contributed by atoms with Gasteiger partial charge in [-0.1, -0.05) is 12.7 Å². The van der Waals surface area contributed by atoms with Crippen LogP contribution in [0.25, 0.3) is 11.0 Å². The molecule has 2 aromatic rings. The number of ether oxygens (including phenoxy) is 1. The molecule has 19 heavy (non-hydrogen) atoms. The summed E-state index contributed by atoms with van der Waals surface area (Å²) >= 11 is 0. The van der Waals surface area contributed by atoms with Crippen molar-refractivity contribution in [3.05, 3.63) is 50.8 Å². The number of carbonyl (C=O) groups is 1. The fourth-order valence-electron chi connectivity index (χ4n) is 1.60. The van der Waals surface area contributed by atoms with Crippen molar-refractivity contribution in [1.29, 1.82) is 0 Å². The Kier molecular flexibility index (Phi) is 3.28. The predicted molar refractivity (Wildman–Crippen MR) is 68.2 cm³/mol. The molecule has 0 aliphatic rings. The second-order valence-electron chi connectivity index (χ2n) is 3.81. The molecule has 0 saturated carbocycles. The summed E-state index contributed by atoms with van der Waals surface area (Å²) in [5.74, 6) is -0.600.